The molecule has 1 amide bonds. The highest BCUT2D eigenvalue weighted by Gasteiger charge is 2.24. The first-order chi connectivity index (χ1) is 16.3. The summed E-state index contributed by atoms with van der Waals surface area (Å²) in [5.41, 5.74) is 1.69. The molecule has 4 rings (SSSR count). The SMILES string of the molecule is CS(=O)(=O)c1ncc(N(Cc2cccc(Cl)c2)Cc2ccco2)c(C(=O)Nc2ccccc2)n1. The largest absolute Gasteiger partial charge is 0.467 e. The lowest BCUT2D eigenvalue weighted by molar-refractivity contribution is 0.102. The molecule has 0 saturated carbocycles. The molecule has 0 saturated heterocycles. The number of amides is 1. The molecule has 2 aromatic heterocycles. The average Bonchev–Trinajstić information content (AvgIpc) is 3.31. The second-order valence-corrected chi connectivity index (χ2v) is 9.89. The van der Waals surface area contributed by atoms with Crippen LogP contribution in [0.3, 0.4) is 0 Å². The molecular weight excluding hydrogens is 476 g/mol. The Hall–Kier alpha value is -3.69. The summed E-state index contributed by atoms with van der Waals surface area (Å²) in [4.78, 5) is 23.3. The maximum absolute atomic E-state index is 13.3. The van der Waals surface area contributed by atoms with Crippen LogP contribution in [0.1, 0.15) is 21.8 Å². The van der Waals surface area contributed by atoms with Crippen LogP contribution in [0.2, 0.25) is 5.02 Å². The maximum atomic E-state index is 13.3. The number of hydrogen-bond donors (Lipinski definition) is 1. The number of rotatable bonds is 8. The van der Waals surface area contributed by atoms with Crippen LogP contribution in [0.15, 0.2) is 88.8 Å². The van der Waals surface area contributed by atoms with Gasteiger partial charge >= 0.3 is 0 Å². The third kappa shape index (κ3) is 5.81. The zero-order valence-electron chi connectivity index (χ0n) is 18.2. The summed E-state index contributed by atoms with van der Waals surface area (Å²) in [7, 11) is -3.75. The lowest BCUT2D eigenvalue weighted by Crippen LogP contribution is -2.27. The highest BCUT2D eigenvalue weighted by atomic mass is 35.5. The second-order valence-electron chi connectivity index (χ2n) is 7.54. The molecular formula is C24H21ClN4O4S. The van der Waals surface area contributed by atoms with Crippen molar-refractivity contribution in [3.8, 4) is 0 Å². The van der Waals surface area contributed by atoms with Crippen LogP contribution in [-0.4, -0.2) is 30.5 Å². The molecule has 0 aliphatic heterocycles. The fourth-order valence-electron chi connectivity index (χ4n) is 3.32. The van der Waals surface area contributed by atoms with Crippen LogP contribution >= 0.6 is 11.6 Å². The van der Waals surface area contributed by atoms with Gasteiger partial charge in [-0.05, 0) is 42.0 Å². The van der Waals surface area contributed by atoms with Crippen molar-refractivity contribution in [2.24, 2.45) is 0 Å². The summed E-state index contributed by atoms with van der Waals surface area (Å²) in [6, 6.07) is 19.7. The third-order valence-corrected chi connectivity index (χ3v) is 5.95. The topological polar surface area (TPSA) is 105 Å². The summed E-state index contributed by atoms with van der Waals surface area (Å²) < 4.78 is 29.8. The van der Waals surface area contributed by atoms with Gasteiger partial charge in [-0.1, -0.05) is 41.9 Å². The van der Waals surface area contributed by atoms with Gasteiger partial charge in [0.15, 0.2) is 5.69 Å². The fraction of sp³-hybridized carbons (Fsp3) is 0.125. The number of carbonyl (C=O) groups is 1. The summed E-state index contributed by atoms with van der Waals surface area (Å²) in [6.45, 7) is 0.626. The molecule has 8 nitrogen and oxygen atoms in total. The normalized spacial score (nSPS) is 11.2. The van der Waals surface area contributed by atoms with Gasteiger partial charge in [-0.3, -0.25) is 4.79 Å². The Balaban J connectivity index is 1.79. The summed E-state index contributed by atoms with van der Waals surface area (Å²) in [6.07, 6.45) is 3.89. The van der Waals surface area contributed by atoms with Crippen molar-refractivity contribution < 1.29 is 17.6 Å². The van der Waals surface area contributed by atoms with Gasteiger partial charge < -0.3 is 14.6 Å². The molecule has 174 valence electrons. The van der Waals surface area contributed by atoms with Gasteiger partial charge in [0.05, 0.1) is 24.7 Å². The summed E-state index contributed by atoms with van der Waals surface area (Å²) in [5, 5.41) is 2.90. The van der Waals surface area contributed by atoms with E-state index >= 15 is 0 Å². The first-order valence-electron chi connectivity index (χ1n) is 10.2. The van der Waals surface area contributed by atoms with Crippen LogP contribution in [0.25, 0.3) is 0 Å². The Morgan fingerprint density at radius 3 is 2.53 bits per heavy atom. The molecule has 0 atom stereocenters. The second kappa shape index (κ2) is 10.1. The minimum Gasteiger partial charge on any atom is -0.467 e. The molecule has 0 spiro atoms. The molecule has 4 aromatic rings. The van der Waals surface area contributed by atoms with E-state index in [2.05, 4.69) is 15.3 Å². The van der Waals surface area contributed by atoms with E-state index in [1.807, 2.05) is 29.2 Å². The van der Waals surface area contributed by atoms with Crippen molar-refractivity contribution in [2.45, 2.75) is 18.2 Å². The van der Waals surface area contributed by atoms with Gasteiger partial charge in [0.2, 0.25) is 15.0 Å². The number of para-hydroxylation sites is 1. The van der Waals surface area contributed by atoms with Crippen LogP contribution < -0.4 is 10.2 Å². The van der Waals surface area contributed by atoms with Gasteiger partial charge in [-0.2, -0.15) is 0 Å². The lowest BCUT2D eigenvalue weighted by Gasteiger charge is -2.25. The van der Waals surface area contributed by atoms with Crippen LogP contribution in [-0.2, 0) is 22.9 Å². The van der Waals surface area contributed by atoms with Gasteiger partial charge in [0.1, 0.15) is 5.76 Å². The molecule has 0 aliphatic carbocycles. The predicted octanol–water partition coefficient (Wildman–Crippen LogP) is 4.59. The number of hydrogen-bond acceptors (Lipinski definition) is 7. The third-order valence-electron chi connectivity index (χ3n) is 4.86. The molecule has 0 fully saturated rings. The maximum Gasteiger partial charge on any atom is 0.276 e. The smallest absolute Gasteiger partial charge is 0.276 e. The predicted molar refractivity (Wildman–Crippen MR) is 130 cm³/mol. The van der Waals surface area contributed by atoms with E-state index in [9.17, 15) is 13.2 Å². The molecule has 0 unspecified atom stereocenters. The first kappa shape index (κ1) is 23.5. The van der Waals surface area contributed by atoms with E-state index in [1.54, 1.807) is 48.7 Å². The molecule has 2 aromatic carbocycles. The van der Waals surface area contributed by atoms with Crippen molar-refractivity contribution in [1.82, 2.24) is 9.97 Å². The van der Waals surface area contributed by atoms with E-state index in [0.29, 0.717) is 28.7 Å². The first-order valence-corrected chi connectivity index (χ1v) is 12.5. The van der Waals surface area contributed by atoms with E-state index in [1.165, 1.54) is 6.20 Å². The number of furan rings is 1. The Labute approximate surface area is 202 Å². The highest BCUT2D eigenvalue weighted by molar-refractivity contribution is 7.90. The Morgan fingerprint density at radius 2 is 1.85 bits per heavy atom. The number of carbonyl (C=O) groups excluding carboxylic acids is 1. The number of nitrogens with one attached hydrogen (secondary N) is 1. The van der Waals surface area contributed by atoms with Gasteiger partial charge in [-0.25, -0.2) is 18.4 Å². The zero-order chi connectivity index (χ0) is 24.1. The van der Waals surface area contributed by atoms with Crippen molar-refractivity contribution in [1.29, 1.82) is 0 Å². The van der Waals surface area contributed by atoms with Gasteiger partial charge in [0.25, 0.3) is 5.91 Å². The Morgan fingerprint density at radius 1 is 1.06 bits per heavy atom. The fourth-order valence-corrected chi connectivity index (χ4v) is 4.04. The molecule has 1 N–H and O–H groups in total. The minimum atomic E-state index is -3.75. The minimum absolute atomic E-state index is 0.0761. The van der Waals surface area contributed by atoms with Crippen molar-refractivity contribution in [3.63, 3.8) is 0 Å². The summed E-state index contributed by atoms with van der Waals surface area (Å²) >= 11 is 6.17. The van der Waals surface area contributed by atoms with Crippen molar-refractivity contribution in [3.05, 3.63) is 101 Å². The van der Waals surface area contributed by atoms with Crippen LogP contribution in [0.5, 0.6) is 0 Å². The zero-order valence-corrected chi connectivity index (χ0v) is 19.8. The van der Waals surface area contributed by atoms with E-state index < -0.39 is 20.9 Å². The molecule has 0 radical (unpaired) electrons. The number of aromatic nitrogens is 2. The summed E-state index contributed by atoms with van der Waals surface area (Å²) in [5.74, 6) is 0.0766. The molecule has 0 bridgehead atoms. The molecule has 2 heterocycles. The van der Waals surface area contributed by atoms with Crippen molar-refractivity contribution >= 4 is 38.7 Å². The van der Waals surface area contributed by atoms with E-state index in [0.717, 1.165) is 11.8 Å². The number of anilines is 2. The standard InChI is InChI=1S/C24H21ClN4O4S/c1-34(31,32)24-26-14-21(22(28-24)23(30)27-19-9-3-2-4-10-19)29(16-20-11-6-12-33-20)15-17-7-5-8-18(25)13-17/h2-14H,15-16H2,1H3,(H,27,30). The average molecular weight is 497 g/mol. The quantitative estimate of drug-likeness (QED) is 0.356. The van der Waals surface area contributed by atoms with E-state index in [4.69, 9.17) is 16.0 Å². The monoisotopic (exact) mass is 496 g/mol. The number of nitrogens with zero attached hydrogens (tertiary/aromatic N) is 3. The van der Waals surface area contributed by atoms with Crippen LogP contribution in [0.4, 0.5) is 11.4 Å². The number of benzene rings is 2. The number of sulfone groups is 1. The lowest BCUT2D eigenvalue weighted by atomic mass is 10.2. The van der Waals surface area contributed by atoms with Crippen molar-refractivity contribution in [2.75, 3.05) is 16.5 Å². The van der Waals surface area contributed by atoms with Gasteiger partial charge in [0, 0.05) is 23.5 Å². The van der Waals surface area contributed by atoms with E-state index in [-0.39, 0.29) is 12.2 Å². The van der Waals surface area contributed by atoms with Crippen LogP contribution in [0, 0.1) is 0 Å². The number of halogens is 1. The Kier molecular flexibility index (Phi) is 6.95. The highest BCUT2D eigenvalue weighted by Crippen LogP contribution is 2.26. The Bertz CT molecular complexity index is 1390. The molecule has 10 heteroatoms. The molecule has 0 aliphatic rings. The van der Waals surface area contributed by atoms with Gasteiger partial charge in [-0.15, -0.1) is 0 Å². The molecule has 34 heavy (non-hydrogen) atoms.